The van der Waals surface area contributed by atoms with Gasteiger partial charge in [-0.25, -0.2) is 0 Å². The third kappa shape index (κ3) is 3.05. The molecule has 0 saturated heterocycles. The van der Waals surface area contributed by atoms with Gasteiger partial charge in [0.05, 0.1) is 11.7 Å². The number of aliphatic hydroxyl groups excluding tert-OH is 1. The number of ether oxygens (including phenoxy) is 1. The molecule has 2 rings (SSSR count). The van der Waals surface area contributed by atoms with Crippen LogP contribution >= 0.6 is 11.6 Å². The standard InChI is InChI=1S/C15H21ClO2/c1-18-15(8-3-2-4-9-15)14(17)11-12-6-5-7-13(16)10-12/h5-7,10,14,17H,2-4,8-9,11H2,1H3. The van der Waals surface area contributed by atoms with Gasteiger partial charge in [-0.2, -0.15) is 0 Å². The lowest BCUT2D eigenvalue weighted by atomic mass is 9.78. The largest absolute Gasteiger partial charge is 0.390 e. The van der Waals surface area contributed by atoms with Gasteiger partial charge in [-0.1, -0.05) is 43.0 Å². The van der Waals surface area contributed by atoms with Crippen LogP contribution in [0.15, 0.2) is 24.3 Å². The Hall–Kier alpha value is -0.570. The topological polar surface area (TPSA) is 29.5 Å². The van der Waals surface area contributed by atoms with Gasteiger partial charge in [0.25, 0.3) is 0 Å². The number of hydrogen-bond donors (Lipinski definition) is 1. The molecule has 1 aliphatic carbocycles. The Balaban J connectivity index is 2.07. The first-order valence-electron chi connectivity index (χ1n) is 6.64. The highest BCUT2D eigenvalue weighted by Crippen LogP contribution is 2.35. The second-order valence-electron chi connectivity index (χ2n) is 5.18. The number of benzene rings is 1. The second kappa shape index (κ2) is 6.05. The van der Waals surface area contributed by atoms with Crippen molar-refractivity contribution in [2.75, 3.05) is 7.11 Å². The van der Waals surface area contributed by atoms with Gasteiger partial charge >= 0.3 is 0 Å². The van der Waals surface area contributed by atoms with Crippen molar-refractivity contribution >= 4 is 11.6 Å². The van der Waals surface area contributed by atoms with Crippen molar-refractivity contribution in [2.45, 2.75) is 50.2 Å². The maximum Gasteiger partial charge on any atom is 0.0939 e. The van der Waals surface area contributed by atoms with Gasteiger partial charge in [0, 0.05) is 18.6 Å². The summed E-state index contributed by atoms with van der Waals surface area (Å²) in [5, 5.41) is 11.2. The number of rotatable bonds is 4. The van der Waals surface area contributed by atoms with E-state index in [-0.39, 0.29) is 5.60 Å². The van der Waals surface area contributed by atoms with Crippen molar-refractivity contribution in [1.82, 2.24) is 0 Å². The lowest BCUT2D eigenvalue weighted by Gasteiger charge is -2.40. The second-order valence-corrected chi connectivity index (χ2v) is 5.62. The van der Waals surface area contributed by atoms with Crippen LogP contribution in [-0.2, 0) is 11.2 Å². The van der Waals surface area contributed by atoms with E-state index in [2.05, 4.69) is 0 Å². The Morgan fingerprint density at radius 1 is 1.33 bits per heavy atom. The van der Waals surface area contributed by atoms with E-state index in [0.29, 0.717) is 6.42 Å². The summed E-state index contributed by atoms with van der Waals surface area (Å²) in [5.74, 6) is 0. The molecule has 0 spiro atoms. The first-order valence-corrected chi connectivity index (χ1v) is 7.02. The Bertz CT molecular complexity index is 386. The van der Waals surface area contributed by atoms with E-state index in [1.165, 1.54) is 6.42 Å². The third-order valence-electron chi connectivity index (χ3n) is 4.03. The number of methoxy groups -OCH3 is 1. The maximum atomic E-state index is 10.5. The minimum absolute atomic E-state index is 0.361. The molecule has 1 unspecified atom stereocenters. The van der Waals surface area contributed by atoms with E-state index in [0.717, 1.165) is 36.3 Å². The van der Waals surface area contributed by atoms with Gasteiger partial charge in [0.15, 0.2) is 0 Å². The summed E-state index contributed by atoms with van der Waals surface area (Å²) in [6.07, 6.45) is 5.57. The Labute approximate surface area is 114 Å². The molecule has 3 heteroatoms. The van der Waals surface area contributed by atoms with Crippen LogP contribution in [0.5, 0.6) is 0 Å². The van der Waals surface area contributed by atoms with E-state index in [4.69, 9.17) is 16.3 Å². The lowest BCUT2D eigenvalue weighted by Crippen LogP contribution is -2.46. The molecule has 1 N–H and O–H groups in total. The van der Waals surface area contributed by atoms with Gasteiger partial charge in [-0.3, -0.25) is 0 Å². The molecule has 1 aliphatic rings. The maximum absolute atomic E-state index is 10.5. The van der Waals surface area contributed by atoms with Gasteiger partial charge in [0.2, 0.25) is 0 Å². The van der Waals surface area contributed by atoms with Gasteiger partial charge in [0.1, 0.15) is 0 Å². The molecule has 0 radical (unpaired) electrons. The average molecular weight is 269 g/mol. The molecule has 0 heterocycles. The highest BCUT2D eigenvalue weighted by Gasteiger charge is 2.38. The summed E-state index contributed by atoms with van der Waals surface area (Å²) in [7, 11) is 1.71. The predicted molar refractivity (Wildman–Crippen MR) is 74.0 cm³/mol. The molecule has 0 bridgehead atoms. The van der Waals surface area contributed by atoms with E-state index in [9.17, 15) is 5.11 Å². The molecule has 1 fully saturated rings. The lowest BCUT2D eigenvalue weighted by molar-refractivity contribution is -0.122. The van der Waals surface area contributed by atoms with Crippen LogP contribution in [-0.4, -0.2) is 23.9 Å². The first kappa shape index (κ1) is 13.9. The first-order chi connectivity index (χ1) is 8.66. The molecule has 0 aliphatic heterocycles. The summed E-state index contributed by atoms with van der Waals surface area (Å²) in [6.45, 7) is 0. The zero-order valence-corrected chi connectivity index (χ0v) is 11.6. The van der Waals surface area contributed by atoms with E-state index in [1.54, 1.807) is 7.11 Å². The molecule has 1 atom stereocenters. The molecule has 18 heavy (non-hydrogen) atoms. The summed E-state index contributed by atoms with van der Waals surface area (Å²) < 4.78 is 5.66. The van der Waals surface area contributed by atoms with Gasteiger partial charge in [-0.15, -0.1) is 0 Å². The molecular weight excluding hydrogens is 248 g/mol. The fourth-order valence-electron chi connectivity index (χ4n) is 2.90. The minimum atomic E-state index is -0.457. The normalized spacial score (nSPS) is 20.6. The summed E-state index contributed by atoms with van der Waals surface area (Å²) in [4.78, 5) is 0. The van der Waals surface area contributed by atoms with Crippen molar-refractivity contribution in [3.63, 3.8) is 0 Å². The van der Waals surface area contributed by atoms with Crippen molar-refractivity contribution in [3.8, 4) is 0 Å². The van der Waals surface area contributed by atoms with Crippen LogP contribution in [0, 0.1) is 0 Å². The molecule has 100 valence electrons. The number of hydrogen-bond acceptors (Lipinski definition) is 2. The fraction of sp³-hybridized carbons (Fsp3) is 0.600. The van der Waals surface area contributed by atoms with Crippen LogP contribution in [0.1, 0.15) is 37.7 Å². The van der Waals surface area contributed by atoms with Crippen LogP contribution in [0.2, 0.25) is 5.02 Å². The highest BCUT2D eigenvalue weighted by atomic mass is 35.5. The van der Waals surface area contributed by atoms with Crippen LogP contribution in [0.25, 0.3) is 0 Å². The molecule has 0 amide bonds. The van der Waals surface area contributed by atoms with Crippen molar-refractivity contribution < 1.29 is 9.84 Å². The molecule has 0 aromatic heterocycles. The van der Waals surface area contributed by atoms with Crippen LogP contribution < -0.4 is 0 Å². The number of halogens is 1. The highest BCUT2D eigenvalue weighted by molar-refractivity contribution is 6.30. The monoisotopic (exact) mass is 268 g/mol. The zero-order chi connectivity index (χ0) is 13.0. The summed E-state index contributed by atoms with van der Waals surface area (Å²) >= 11 is 5.97. The van der Waals surface area contributed by atoms with Crippen molar-refractivity contribution in [3.05, 3.63) is 34.9 Å². The Morgan fingerprint density at radius 3 is 2.67 bits per heavy atom. The predicted octanol–water partition coefficient (Wildman–Crippen LogP) is 3.59. The van der Waals surface area contributed by atoms with Gasteiger partial charge < -0.3 is 9.84 Å². The Kier molecular flexibility index (Phi) is 4.66. The summed E-state index contributed by atoms with van der Waals surface area (Å²) in [5.41, 5.74) is 0.706. The van der Waals surface area contributed by atoms with Gasteiger partial charge in [-0.05, 0) is 30.5 Å². The van der Waals surface area contributed by atoms with Crippen molar-refractivity contribution in [1.29, 1.82) is 0 Å². The van der Waals surface area contributed by atoms with Crippen LogP contribution in [0.3, 0.4) is 0 Å². The fourth-order valence-corrected chi connectivity index (χ4v) is 3.11. The smallest absolute Gasteiger partial charge is 0.0939 e. The molecule has 2 nitrogen and oxygen atoms in total. The van der Waals surface area contributed by atoms with E-state index < -0.39 is 6.10 Å². The molecule has 1 saturated carbocycles. The SMILES string of the molecule is COC1(C(O)Cc2cccc(Cl)c2)CCCCC1. The van der Waals surface area contributed by atoms with E-state index in [1.807, 2.05) is 24.3 Å². The molecule has 1 aromatic rings. The third-order valence-corrected chi connectivity index (χ3v) is 4.27. The van der Waals surface area contributed by atoms with Crippen molar-refractivity contribution in [2.24, 2.45) is 0 Å². The van der Waals surface area contributed by atoms with Crippen LogP contribution in [0.4, 0.5) is 0 Å². The molecular formula is C15H21ClO2. The summed E-state index contributed by atoms with van der Waals surface area (Å²) in [6, 6.07) is 7.69. The van der Waals surface area contributed by atoms with E-state index >= 15 is 0 Å². The minimum Gasteiger partial charge on any atom is -0.390 e. The average Bonchev–Trinajstić information content (AvgIpc) is 2.39. The quantitative estimate of drug-likeness (QED) is 0.904. The zero-order valence-electron chi connectivity index (χ0n) is 10.9. The Morgan fingerprint density at radius 2 is 2.06 bits per heavy atom. The number of aliphatic hydroxyl groups is 1. The molecule has 1 aromatic carbocycles.